The normalized spacial score (nSPS) is 26.2. The fourth-order valence-electron chi connectivity index (χ4n) is 5.35. The van der Waals surface area contributed by atoms with Crippen LogP contribution in [0, 0.1) is 23.7 Å². The maximum atomic E-state index is 12.9. The number of methoxy groups -OCH3 is 1. The molecule has 2 aromatic carbocycles. The quantitative estimate of drug-likeness (QED) is 0.429. The van der Waals surface area contributed by atoms with Gasteiger partial charge in [0.25, 0.3) is 0 Å². The molecule has 0 aromatic heterocycles. The number of fused-ring (bicyclic) bond motifs is 5. The number of imide groups is 1. The fraction of sp³-hybridized carbons (Fsp3) is 0.333. The van der Waals surface area contributed by atoms with E-state index in [1.807, 2.05) is 0 Å². The molecule has 7 nitrogen and oxygen atoms in total. The number of esters is 2. The zero-order valence-corrected chi connectivity index (χ0v) is 16.9. The number of hydrogen-bond donors (Lipinski definition) is 0. The van der Waals surface area contributed by atoms with Gasteiger partial charge < -0.3 is 9.47 Å². The van der Waals surface area contributed by atoms with Crippen LogP contribution in [-0.2, 0) is 14.3 Å². The van der Waals surface area contributed by atoms with E-state index in [9.17, 15) is 19.2 Å². The Morgan fingerprint density at radius 1 is 0.806 bits per heavy atom. The number of carbonyl (C=O) groups excluding carboxylic acids is 4. The van der Waals surface area contributed by atoms with Crippen LogP contribution < -0.4 is 9.64 Å². The molecule has 1 aliphatic heterocycles. The number of hydrogen-bond acceptors (Lipinski definition) is 6. The molecule has 2 aromatic rings. The van der Waals surface area contributed by atoms with E-state index in [0.717, 1.165) is 19.3 Å². The lowest BCUT2D eigenvalue weighted by atomic mass is 9.81. The largest absolute Gasteiger partial charge is 0.465 e. The minimum absolute atomic E-state index is 0.108. The second kappa shape index (κ2) is 7.34. The van der Waals surface area contributed by atoms with Gasteiger partial charge in [-0.25, -0.2) is 9.59 Å². The molecule has 0 radical (unpaired) electrons. The predicted molar refractivity (Wildman–Crippen MR) is 109 cm³/mol. The second-order valence-corrected chi connectivity index (χ2v) is 8.35. The van der Waals surface area contributed by atoms with Crippen LogP contribution in [0.3, 0.4) is 0 Å². The third-order valence-corrected chi connectivity index (χ3v) is 6.77. The summed E-state index contributed by atoms with van der Waals surface area (Å²) in [7, 11) is 1.29. The van der Waals surface area contributed by atoms with Crippen molar-refractivity contribution in [2.24, 2.45) is 23.7 Å². The molecule has 2 aliphatic carbocycles. The van der Waals surface area contributed by atoms with Crippen molar-refractivity contribution in [1.82, 2.24) is 0 Å². The van der Waals surface area contributed by atoms with Gasteiger partial charge in [0, 0.05) is 0 Å². The third kappa shape index (κ3) is 3.12. The number of anilines is 1. The topological polar surface area (TPSA) is 90.0 Å². The first-order valence-electron chi connectivity index (χ1n) is 10.4. The highest BCUT2D eigenvalue weighted by Gasteiger charge is 2.61. The maximum Gasteiger partial charge on any atom is 0.343 e. The Morgan fingerprint density at radius 3 is 1.87 bits per heavy atom. The molecule has 7 heteroatoms. The van der Waals surface area contributed by atoms with Crippen LogP contribution in [0.15, 0.2) is 48.5 Å². The first-order valence-corrected chi connectivity index (χ1v) is 10.4. The van der Waals surface area contributed by atoms with Crippen LogP contribution in [-0.4, -0.2) is 30.9 Å². The molecule has 2 amide bonds. The molecule has 0 unspecified atom stereocenters. The summed E-state index contributed by atoms with van der Waals surface area (Å²) in [6.07, 6.45) is 3.06. The lowest BCUT2D eigenvalue weighted by Gasteiger charge is -2.19. The molecule has 5 rings (SSSR count). The molecular formula is C24H21NO6. The van der Waals surface area contributed by atoms with Crippen LogP contribution >= 0.6 is 0 Å². The predicted octanol–water partition coefficient (Wildman–Crippen LogP) is 3.23. The lowest BCUT2D eigenvalue weighted by molar-refractivity contribution is -0.123. The molecule has 0 spiro atoms. The lowest BCUT2D eigenvalue weighted by Crippen LogP contribution is -2.32. The van der Waals surface area contributed by atoms with Crippen LogP contribution in [0.2, 0.25) is 0 Å². The SMILES string of the molecule is COC(=O)c1ccc(OC(=O)c2ccc(N3C(=O)[C@@H]4[C@@H]5CC[C@@H](C5)[C@@H]4C3=O)cc2)cc1. The first-order chi connectivity index (χ1) is 15.0. The second-order valence-electron chi connectivity index (χ2n) is 8.35. The van der Waals surface area contributed by atoms with Crippen LogP contribution in [0.25, 0.3) is 0 Å². The molecule has 3 aliphatic rings. The minimum Gasteiger partial charge on any atom is -0.465 e. The molecule has 2 saturated carbocycles. The maximum absolute atomic E-state index is 12.9. The zero-order valence-electron chi connectivity index (χ0n) is 16.9. The Morgan fingerprint density at radius 2 is 1.32 bits per heavy atom. The summed E-state index contributed by atoms with van der Waals surface area (Å²) in [5.74, 6) is -0.676. The van der Waals surface area contributed by atoms with Gasteiger partial charge in [0.1, 0.15) is 5.75 Å². The average Bonchev–Trinajstić information content (AvgIpc) is 3.47. The highest BCUT2D eigenvalue weighted by atomic mass is 16.5. The van der Waals surface area contributed by atoms with Crippen molar-refractivity contribution < 1.29 is 28.7 Å². The number of ether oxygens (including phenoxy) is 2. The summed E-state index contributed by atoms with van der Waals surface area (Å²) >= 11 is 0. The van der Waals surface area contributed by atoms with Gasteiger partial charge in [0.15, 0.2) is 0 Å². The van der Waals surface area contributed by atoms with Gasteiger partial charge in [-0.15, -0.1) is 0 Å². The fourth-order valence-corrected chi connectivity index (χ4v) is 5.35. The Bertz CT molecular complexity index is 1050. The van der Waals surface area contributed by atoms with E-state index in [4.69, 9.17) is 4.74 Å². The smallest absolute Gasteiger partial charge is 0.343 e. The number of carbonyl (C=O) groups is 4. The monoisotopic (exact) mass is 419 g/mol. The first kappa shape index (κ1) is 19.5. The Kier molecular flexibility index (Phi) is 4.61. The standard InChI is InChI=1S/C24H21NO6/c1-30-23(28)13-6-10-18(11-7-13)31-24(29)14-4-8-17(9-5-14)25-21(26)19-15-2-3-16(12-15)20(19)22(25)27/h4-11,15-16,19-20H,2-3,12H2,1H3/t15-,16+,19-,20+. The van der Waals surface area contributed by atoms with Gasteiger partial charge in [-0.3, -0.25) is 14.5 Å². The van der Waals surface area contributed by atoms with Crippen LogP contribution in [0.1, 0.15) is 40.0 Å². The summed E-state index contributed by atoms with van der Waals surface area (Å²) in [6, 6.07) is 12.3. The molecule has 4 atom stereocenters. The highest BCUT2D eigenvalue weighted by molar-refractivity contribution is 6.22. The van der Waals surface area contributed by atoms with E-state index in [0.29, 0.717) is 28.7 Å². The number of amides is 2. The van der Waals surface area contributed by atoms with Crippen molar-refractivity contribution in [1.29, 1.82) is 0 Å². The van der Waals surface area contributed by atoms with Crippen molar-refractivity contribution in [3.8, 4) is 5.75 Å². The molecular weight excluding hydrogens is 398 g/mol. The Labute approximate surface area is 178 Å². The van der Waals surface area contributed by atoms with Crippen molar-refractivity contribution in [2.45, 2.75) is 19.3 Å². The summed E-state index contributed by atoms with van der Waals surface area (Å²) in [4.78, 5) is 51.1. The van der Waals surface area contributed by atoms with Gasteiger partial charge in [0.05, 0.1) is 35.8 Å². The van der Waals surface area contributed by atoms with Gasteiger partial charge in [-0.05, 0) is 79.6 Å². The van der Waals surface area contributed by atoms with Crippen molar-refractivity contribution in [3.05, 3.63) is 59.7 Å². The summed E-state index contributed by atoms with van der Waals surface area (Å²) < 4.78 is 9.97. The van der Waals surface area contributed by atoms with Gasteiger partial charge in [-0.1, -0.05) is 0 Å². The number of rotatable bonds is 4. The van der Waals surface area contributed by atoms with E-state index in [1.54, 1.807) is 24.3 Å². The van der Waals surface area contributed by atoms with Gasteiger partial charge in [-0.2, -0.15) is 0 Å². The summed E-state index contributed by atoms with van der Waals surface area (Å²) in [5.41, 5.74) is 1.13. The van der Waals surface area contributed by atoms with Gasteiger partial charge in [0.2, 0.25) is 11.8 Å². The molecule has 2 bridgehead atoms. The average molecular weight is 419 g/mol. The van der Waals surface area contributed by atoms with E-state index in [2.05, 4.69) is 4.74 Å². The minimum atomic E-state index is -0.577. The van der Waals surface area contributed by atoms with Crippen LogP contribution in [0.4, 0.5) is 5.69 Å². The number of nitrogens with zero attached hydrogens (tertiary/aromatic N) is 1. The van der Waals surface area contributed by atoms with Crippen LogP contribution in [0.5, 0.6) is 5.75 Å². The summed E-state index contributed by atoms with van der Waals surface area (Å²) in [5, 5.41) is 0. The Balaban J connectivity index is 1.29. The third-order valence-electron chi connectivity index (χ3n) is 6.77. The van der Waals surface area contributed by atoms with Crippen molar-refractivity contribution in [3.63, 3.8) is 0 Å². The zero-order chi connectivity index (χ0) is 21.7. The van der Waals surface area contributed by atoms with Crippen molar-refractivity contribution >= 4 is 29.4 Å². The molecule has 158 valence electrons. The molecule has 1 heterocycles. The van der Waals surface area contributed by atoms with E-state index >= 15 is 0 Å². The van der Waals surface area contributed by atoms with E-state index in [-0.39, 0.29) is 29.4 Å². The van der Waals surface area contributed by atoms with Gasteiger partial charge >= 0.3 is 11.9 Å². The summed E-state index contributed by atoms with van der Waals surface area (Å²) in [6.45, 7) is 0. The number of benzene rings is 2. The van der Waals surface area contributed by atoms with E-state index in [1.165, 1.54) is 36.3 Å². The molecule has 31 heavy (non-hydrogen) atoms. The highest BCUT2D eigenvalue weighted by Crippen LogP contribution is 2.56. The molecule has 3 fully saturated rings. The molecule has 1 saturated heterocycles. The van der Waals surface area contributed by atoms with E-state index < -0.39 is 11.9 Å². The molecule has 0 N–H and O–H groups in total. The van der Waals surface area contributed by atoms with Crippen molar-refractivity contribution in [2.75, 3.05) is 12.0 Å². The Hall–Kier alpha value is -3.48.